The third-order valence-corrected chi connectivity index (χ3v) is 7.24. The zero-order chi connectivity index (χ0) is 14.9. The van der Waals surface area contributed by atoms with Crippen molar-refractivity contribution in [2.75, 3.05) is 13.1 Å². The van der Waals surface area contributed by atoms with Crippen molar-refractivity contribution in [3.8, 4) is 0 Å². The van der Waals surface area contributed by atoms with E-state index >= 15 is 0 Å². The van der Waals surface area contributed by atoms with Gasteiger partial charge in [-0.1, -0.05) is 25.5 Å². The Morgan fingerprint density at radius 3 is 2.91 bits per heavy atom. The van der Waals surface area contributed by atoms with E-state index in [2.05, 4.69) is 36.3 Å². The van der Waals surface area contributed by atoms with Gasteiger partial charge in [0.15, 0.2) is 0 Å². The molecule has 2 aliphatic heterocycles. The van der Waals surface area contributed by atoms with Crippen molar-refractivity contribution in [2.45, 2.75) is 58.4 Å². The molecule has 0 aromatic carbocycles. The van der Waals surface area contributed by atoms with Gasteiger partial charge in [0.25, 0.3) is 0 Å². The van der Waals surface area contributed by atoms with E-state index in [0.29, 0.717) is 5.92 Å². The Kier molecular flexibility index (Phi) is 2.67. The van der Waals surface area contributed by atoms with Crippen molar-refractivity contribution in [1.29, 1.82) is 0 Å². The number of nitrogens with one attached hydrogen (secondary N) is 1. The van der Waals surface area contributed by atoms with Gasteiger partial charge >= 0.3 is 0 Å². The second-order valence-corrected chi connectivity index (χ2v) is 8.36. The van der Waals surface area contributed by atoms with Crippen molar-refractivity contribution in [2.24, 2.45) is 17.3 Å². The monoisotopic (exact) mass is 296 g/mol. The maximum absolute atomic E-state index is 3.51. The van der Waals surface area contributed by atoms with Crippen LogP contribution >= 0.6 is 0 Å². The van der Waals surface area contributed by atoms with Crippen LogP contribution < -0.4 is 5.32 Å². The molecule has 5 rings (SSSR count). The van der Waals surface area contributed by atoms with Gasteiger partial charge in [-0.05, 0) is 67.7 Å². The fourth-order valence-electron chi connectivity index (χ4n) is 5.59. The first kappa shape index (κ1) is 13.3. The molecule has 0 aromatic heterocycles. The highest BCUT2D eigenvalue weighted by atomic mass is 15.2. The summed E-state index contributed by atoms with van der Waals surface area (Å²) in [4.78, 5) is 2.87. The lowest BCUT2D eigenvalue weighted by atomic mass is 9.65. The highest BCUT2D eigenvalue weighted by molar-refractivity contribution is 5.52. The Morgan fingerprint density at radius 1 is 1.23 bits per heavy atom. The first-order valence-electron chi connectivity index (χ1n) is 9.31. The van der Waals surface area contributed by atoms with Gasteiger partial charge < -0.3 is 10.2 Å². The standard InChI is InChI=1S/C20H28N2/c1-13-19-11-16-15-7-9-21-10-8-20(13,2)17(15)5-6-18(16)22(19)12-14-3-4-14/h8,10,13-14,19,21H,3-7,9,11-12H2,1-2H3/b10-8-. The van der Waals surface area contributed by atoms with Gasteiger partial charge in [0.2, 0.25) is 0 Å². The molecule has 1 N–H and O–H groups in total. The summed E-state index contributed by atoms with van der Waals surface area (Å²) in [6.45, 7) is 7.47. The van der Waals surface area contributed by atoms with Gasteiger partial charge in [-0.3, -0.25) is 0 Å². The molecule has 0 aromatic rings. The lowest BCUT2D eigenvalue weighted by Gasteiger charge is -2.47. The molecular weight excluding hydrogens is 268 g/mol. The first-order valence-corrected chi connectivity index (χ1v) is 9.31. The van der Waals surface area contributed by atoms with Crippen LogP contribution in [-0.2, 0) is 0 Å². The number of hydrogen-bond donors (Lipinski definition) is 1. The molecule has 1 fully saturated rings. The molecule has 2 heterocycles. The van der Waals surface area contributed by atoms with Gasteiger partial charge in [-0.15, -0.1) is 0 Å². The summed E-state index contributed by atoms with van der Waals surface area (Å²) in [7, 11) is 0. The Hall–Kier alpha value is -1.18. The molecule has 2 heteroatoms. The molecule has 3 atom stereocenters. The van der Waals surface area contributed by atoms with Crippen LogP contribution in [0.25, 0.3) is 0 Å². The molecule has 22 heavy (non-hydrogen) atoms. The largest absolute Gasteiger partial charge is 0.391 e. The first-order chi connectivity index (χ1) is 10.7. The van der Waals surface area contributed by atoms with E-state index in [1.165, 1.54) is 45.1 Å². The van der Waals surface area contributed by atoms with E-state index in [1.807, 2.05) is 0 Å². The van der Waals surface area contributed by atoms with Crippen molar-refractivity contribution in [3.05, 3.63) is 34.7 Å². The summed E-state index contributed by atoms with van der Waals surface area (Å²) in [6.07, 6.45) is 12.8. The third-order valence-electron chi connectivity index (χ3n) is 7.24. The number of nitrogens with zero attached hydrogens (tertiary/aromatic N) is 1. The van der Waals surface area contributed by atoms with Crippen LogP contribution in [-0.4, -0.2) is 24.0 Å². The normalized spacial score (nSPS) is 41.3. The van der Waals surface area contributed by atoms with Crippen LogP contribution in [0.15, 0.2) is 34.7 Å². The minimum atomic E-state index is 0.253. The second kappa shape index (κ2) is 4.43. The summed E-state index contributed by atoms with van der Waals surface area (Å²) < 4.78 is 0. The summed E-state index contributed by atoms with van der Waals surface area (Å²) in [5, 5.41) is 3.51. The van der Waals surface area contributed by atoms with E-state index < -0.39 is 0 Å². The maximum atomic E-state index is 3.51. The van der Waals surface area contributed by atoms with Crippen molar-refractivity contribution >= 4 is 0 Å². The van der Waals surface area contributed by atoms with E-state index in [-0.39, 0.29) is 5.41 Å². The van der Waals surface area contributed by atoms with E-state index in [1.54, 1.807) is 22.4 Å². The second-order valence-electron chi connectivity index (χ2n) is 8.36. The SMILES string of the molecule is CC1C2CC3=C(CCC4=C3CCN/C=C\C41C)N2CC1CC1. The number of rotatable bonds is 2. The predicted octanol–water partition coefficient (Wildman–Crippen LogP) is 3.98. The number of hydrogen-bond acceptors (Lipinski definition) is 2. The smallest absolute Gasteiger partial charge is 0.0365 e. The number of fused-ring (bicyclic) bond motifs is 1. The van der Waals surface area contributed by atoms with Crippen LogP contribution in [0.1, 0.15) is 52.4 Å². The van der Waals surface area contributed by atoms with Crippen LogP contribution in [0.2, 0.25) is 0 Å². The van der Waals surface area contributed by atoms with Crippen molar-refractivity contribution in [3.63, 3.8) is 0 Å². The molecule has 1 saturated carbocycles. The number of likely N-dealkylation sites (tertiary alicyclic amines) is 1. The molecule has 0 amide bonds. The lowest BCUT2D eigenvalue weighted by molar-refractivity contribution is 0.134. The zero-order valence-electron chi connectivity index (χ0n) is 14.0. The molecule has 3 aliphatic carbocycles. The predicted molar refractivity (Wildman–Crippen MR) is 90.2 cm³/mol. The fraction of sp³-hybridized carbons (Fsp3) is 0.700. The minimum absolute atomic E-state index is 0.253. The summed E-state index contributed by atoms with van der Waals surface area (Å²) >= 11 is 0. The van der Waals surface area contributed by atoms with E-state index in [9.17, 15) is 0 Å². The summed E-state index contributed by atoms with van der Waals surface area (Å²) in [5.41, 5.74) is 7.29. The Labute approximate surface area is 134 Å². The molecule has 118 valence electrons. The Morgan fingerprint density at radius 2 is 2.09 bits per heavy atom. The summed E-state index contributed by atoms with van der Waals surface area (Å²) in [6, 6.07) is 0.742. The van der Waals surface area contributed by atoms with Crippen LogP contribution in [0.3, 0.4) is 0 Å². The third kappa shape index (κ3) is 1.67. The average Bonchev–Trinajstić information content (AvgIpc) is 3.24. The van der Waals surface area contributed by atoms with Crippen LogP contribution in [0, 0.1) is 17.3 Å². The van der Waals surface area contributed by atoms with Crippen LogP contribution in [0.5, 0.6) is 0 Å². The minimum Gasteiger partial charge on any atom is -0.391 e. The van der Waals surface area contributed by atoms with Gasteiger partial charge in [0.05, 0.1) is 0 Å². The molecule has 0 radical (unpaired) electrons. The highest BCUT2D eigenvalue weighted by Gasteiger charge is 2.51. The van der Waals surface area contributed by atoms with Crippen LogP contribution in [0.4, 0.5) is 0 Å². The number of allylic oxidation sites excluding steroid dienone is 3. The zero-order valence-corrected chi connectivity index (χ0v) is 14.0. The molecule has 0 spiro atoms. The van der Waals surface area contributed by atoms with Gasteiger partial charge in [0.1, 0.15) is 0 Å². The molecule has 3 unspecified atom stereocenters. The van der Waals surface area contributed by atoms with Crippen molar-refractivity contribution < 1.29 is 0 Å². The highest BCUT2D eigenvalue weighted by Crippen LogP contribution is 2.58. The average molecular weight is 296 g/mol. The van der Waals surface area contributed by atoms with E-state index in [4.69, 9.17) is 0 Å². The quantitative estimate of drug-likeness (QED) is 0.829. The fourth-order valence-corrected chi connectivity index (χ4v) is 5.59. The summed E-state index contributed by atoms with van der Waals surface area (Å²) in [5.74, 6) is 1.70. The van der Waals surface area contributed by atoms with Gasteiger partial charge in [-0.2, -0.15) is 0 Å². The van der Waals surface area contributed by atoms with Gasteiger partial charge in [-0.25, -0.2) is 0 Å². The lowest BCUT2D eigenvalue weighted by Crippen LogP contribution is -2.45. The maximum Gasteiger partial charge on any atom is 0.0365 e. The molecule has 5 aliphatic rings. The van der Waals surface area contributed by atoms with E-state index in [0.717, 1.165) is 18.5 Å². The molecule has 0 saturated heterocycles. The molecular formula is C20H28N2. The van der Waals surface area contributed by atoms with Crippen molar-refractivity contribution in [1.82, 2.24) is 10.2 Å². The molecule has 2 nitrogen and oxygen atoms in total. The molecule has 5 bridgehead atoms. The Bertz CT molecular complexity index is 607. The topological polar surface area (TPSA) is 15.3 Å². The van der Waals surface area contributed by atoms with Gasteiger partial charge in [0, 0.05) is 30.2 Å². The Balaban J connectivity index is 1.67.